The van der Waals surface area contributed by atoms with Crippen LogP contribution in [0.1, 0.15) is 11.7 Å². The maximum absolute atomic E-state index is 13.2. The predicted molar refractivity (Wildman–Crippen MR) is 46.9 cm³/mol. The molecule has 14 heavy (non-hydrogen) atoms. The second-order valence-electron chi connectivity index (χ2n) is 3.06. The summed E-state index contributed by atoms with van der Waals surface area (Å²) in [5.74, 6) is -1.59. The van der Waals surface area contributed by atoms with Gasteiger partial charge in [0, 0.05) is 25.0 Å². The summed E-state index contributed by atoms with van der Waals surface area (Å²) in [6.07, 6.45) is 3.17. The molecule has 1 aliphatic heterocycles. The highest BCUT2D eigenvalue weighted by molar-refractivity contribution is 5.19. The molecule has 1 N–H and O–H groups in total. The van der Waals surface area contributed by atoms with E-state index in [0.717, 1.165) is 6.07 Å². The molecule has 0 radical (unpaired) electrons. The van der Waals surface area contributed by atoms with Gasteiger partial charge in [-0.1, -0.05) is 0 Å². The number of nitrogens with one attached hydrogen (secondary N) is 1. The van der Waals surface area contributed by atoms with E-state index >= 15 is 0 Å². The van der Waals surface area contributed by atoms with Gasteiger partial charge in [-0.05, 0) is 12.1 Å². The Morgan fingerprint density at radius 3 is 2.79 bits per heavy atom. The lowest BCUT2D eigenvalue weighted by molar-refractivity contribution is 0.324. The first-order chi connectivity index (χ1) is 6.68. The molecular weight excluding hydrogens is 188 g/mol. The van der Waals surface area contributed by atoms with Gasteiger partial charge in [-0.2, -0.15) is 13.8 Å². The first kappa shape index (κ1) is 8.93. The highest BCUT2D eigenvalue weighted by atomic mass is 19.1. The lowest BCUT2D eigenvalue weighted by Gasteiger charge is -2.21. The lowest BCUT2D eigenvalue weighted by atomic mass is 10.2. The van der Waals surface area contributed by atoms with E-state index in [0.29, 0.717) is 5.56 Å². The Kier molecular flexibility index (Phi) is 2.07. The molecule has 1 aromatic rings. The summed E-state index contributed by atoms with van der Waals surface area (Å²) < 4.78 is 25.8. The number of hydrogen-bond donors (Lipinski definition) is 1. The van der Waals surface area contributed by atoms with E-state index in [9.17, 15) is 8.78 Å². The van der Waals surface area contributed by atoms with Gasteiger partial charge in [-0.15, -0.1) is 0 Å². The van der Waals surface area contributed by atoms with Crippen molar-refractivity contribution in [1.82, 2.24) is 15.2 Å². The first-order valence-corrected chi connectivity index (χ1v) is 4.15. The first-order valence-electron chi connectivity index (χ1n) is 4.15. The van der Waals surface area contributed by atoms with E-state index < -0.39 is 11.9 Å². The van der Waals surface area contributed by atoms with E-state index in [4.69, 9.17) is 0 Å². The third kappa shape index (κ3) is 1.41. The maximum atomic E-state index is 13.2. The molecule has 2 heterocycles. The summed E-state index contributed by atoms with van der Waals surface area (Å²) in [4.78, 5) is 4.90. The van der Waals surface area contributed by atoms with Crippen LogP contribution in [0.4, 0.5) is 8.78 Å². The topological polar surface area (TPSA) is 28.2 Å². The fraction of sp³-hybridized carbons (Fsp3) is 0.222. The highest BCUT2D eigenvalue weighted by Crippen LogP contribution is 2.22. The fourth-order valence-corrected chi connectivity index (χ4v) is 1.39. The number of halogens is 2. The minimum absolute atomic E-state index is 0.303. The van der Waals surface area contributed by atoms with Gasteiger partial charge in [0.1, 0.15) is 6.17 Å². The van der Waals surface area contributed by atoms with Gasteiger partial charge < -0.3 is 10.2 Å². The molecule has 1 unspecified atom stereocenters. The van der Waals surface area contributed by atoms with Crippen molar-refractivity contribution < 1.29 is 8.78 Å². The Morgan fingerprint density at radius 2 is 2.21 bits per heavy atom. The molecule has 3 nitrogen and oxygen atoms in total. The summed E-state index contributed by atoms with van der Waals surface area (Å²) in [7, 11) is 1.80. The Morgan fingerprint density at radius 1 is 1.43 bits per heavy atom. The molecule has 0 fully saturated rings. The largest absolute Gasteiger partial charge is 0.366 e. The van der Waals surface area contributed by atoms with E-state index in [1.54, 1.807) is 24.3 Å². The van der Waals surface area contributed by atoms with Crippen molar-refractivity contribution in [3.05, 3.63) is 42.0 Å². The molecule has 1 atom stereocenters. The van der Waals surface area contributed by atoms with Crippen LogP contribution in [0.2, 0.25) is 0 Å². The van der Waals surface area contributed by atoms with Crippen molar-refractivity contribution in [2.75, 3.05) is 7.05 Å². The Labute approximate surface area is 80.1 Å². The van der Waals surface area contributed by atoms with E-state index in [1.807, 2.05) is 0 Å². The number of rotatable bonds is 1. The minimum Gasteiger partial charge on any atom is -0.366 e. The van der Waals surface area contributed by atoms with Crippen molar-refractivity contribution >= 4 is 0 Å². The summed E-state index contributed by atoms with van der Waals surface area (Å²) in [6.45, 7) is 0. The zero-order valence-corrected chi connectivity index (χ0v) is 7.54. The fourth-order valence-electron chi connectivity index (χ4n) is 1.39. The molecule has 0 saturated carbocycles. The van der Waals surface area contributed by atoms with Gasteiger partial charge in [0.05, 0.1) is 0 Å². The normalized spacial score (nSPS) is 19.9. The molecule has 0 spiro atoms. The van der Waals surface area contributed by atoms with Crippen molar-refractivity contribution in [3.63, 3.8) is 0 Å². The van der Waals surface area contributed by atoms with Crippen LogP contribution < -0.4 is 5.32 Å². The molecule has 1 aliphatic rings. The number of hydrogen-bond acceptors (Lipinski definition) is 3. The smallest absolute Gasteiger partial charge is 0.222 e. The maximum Gasteiger partial charge on any atom is 0.222 e. The Hall–Kier alpha value is -1.65. The van der Waals surface area contributed by atoms with Crippen molar-refractivity contribution in [3.8, 4) is 0 Å². The molecule has 0 aliphatic carbocycles. The van der Waals surface area contributed by atoms with E-state index in [2.05, 4.69) is 10.3 Å². The Balaban J connectivity index is 2.33. The monoisotopic (exact) mass is 197 g/mol. The van der Waals surface area contributed by atoms with E-state index in [-0.39, 0.29) is 6.17 Å². The Bertz CT molecular complexity index is 378. The average molecular weight is 197 g/mol. The molecule has 1 aromatic heterocycles. The van der Waals surface area contributed by atoms with Gasteiger partial charge in [0.2, 0.25) is 11.9 Å². The number of aromatic nitrogens is 1. The molecule has 74 valence electrons. The molecular formula is C9H9F2N3. The summed E-state index contributed by atoms with van der Waals surface area (Å²) in [5.41, 5.74) is 0.332. The van der Waals surface area contributed by atoms with Gasteiger partial charge in [-0.25, -0.2) is 0 Å². The molecule has 0 bridgehead atoms. The van der Waals surface area contributed by atoms with Gasteiger partial charge >= 0.3 is 0 Å². The third-order valence-corrected chi connectivity index (χ3v) is 2.11. The van der Waals surface area contributed by atoms with Gasteiger partial charge in [0.15, 0.2) is 0 Å². The average Bonchev–Trinajstić information content (AvgIpc) is 2.52. The highest BCUT2D eigenvalue weighted by Gasteiger charge is 2.21. The van der Waals surface area contributed by atoms with Crippen LogP contribution in [0.15, 0.2) is 24.5 Å². The van der Waals surface area contributed by atoms with Crippen molar-refractivity contribution in [2.45, 2.75) is 6.17 Å². The lowest BCUT2D eigenvalue weighted by Crippen LogP contribution is -2.24. The summed E-state index contributed by atoms with van der Waals surface area (Å²) >= 11 is 0. The third-order valence-electron chi connectivity index (χ3n) is 2.11. The number of nitrogens with zero attached hydrogens (tertiary/aromatic N) is 2. The second-order valence-corrected chi connectivity index (χ2v) is 3.06. The summed E-state index contributed by atoms with van der Waals surface area (Å²) in [5, 5.41) is 2.93. The summed E-state index contributed by atoms with van der Waals surface area (Å²) in [6, 6.07) is 2.53. The van der Waals surface area contributed by atoms with Gasteiger partial charge in [0.25, 0.3) is 0 Å². The van der Waals surface area contributed by atoms with Crippen LogP contribution in [-0.2, 0) is 0 Å². The van der Waals surface area contributed by atoms with Crippen LogP contribution in [0.5, 0.6) is 0 Å². The van der Waals surface area contributed by atoms with Gasteiger partial charge in [-0.3, -0.25) is 0 Å². The zero-order valence-electron chi connectivity index (χ0n) is 7.54. The molecule has 5 heteroatoms. The van der Waals surface area contributed by atoms with Crippen molar-refractivity contribution in [2.24, 2.45) is 0 Å². The number of pyridine rings is 1. The van der Waals surface area contributed by atoms with Crippen molar-refractivity contribution in [1.29, 1.82) is 0 Å². The second kappa shape index (κ2) is 3.25. The van der Waals surface area contributed by atoms with Crippen LogP contribution in [0, 0.1) is 11.9 Å². The zero-order chi connectivity index (χ0) is 10.1. The quantitative estimate of drug-likeness (QED) is 0.689. The SMILES string of the molecule is CN1C=CNC1c1ccc(F)nc1F. The van der Waals surface area contributed by atoms with Crippen LogP contribution in [0.3, 0.4) is 0 Å². The predicted octanol–water partition coefficient (Wildman–Crippen LogP) is 1.36. The standard InChI is InChI=1S/C9H9F2N3/c1-14-5-4-12-9(14)6-2-3-7(10)13-8(6)11/h2-5,9,12H,1H3. The van der Waals surface area contributed by atoms with Crippen LogP contribution in [0.25, 0.3) is 0 Å². The van der Waals surface area contributed by atoms with Crippen LogP contribution >= 0.6 is 0 Å². The van der Waals surface area contributed by atoms with E-state index in [1.165, 1.54) is 6.07 Å². The van der Waals surface area contributed by atoms with Crippen LogP contribution in [-0.4, -0.2) is 16.9 Å². The molecule has 0 amide bonds. The molecule has 0 saturated heterocycles. The molecule has 2 rings (SSSR count). The minimum atomic E-state index is -0.806. The molecule has 0 aromatic carbocycles.